The maximum atomic E-state index is 13.0. The first-order valence-corrected chi connectivity index (χ1v) is 4.44. The first-order chi connectivity index (χ1) is 8.41. The second-order valence-electron chi connectivity index (χ2n) is 3.48. The maximum Gasteiger partial charge on any atom is 0.455 e. The second-order valence-corrected chi connectivity index (χ2v) is 3.48. The second kappa shape index (κ2) is 5.68. The zero-order chi connectivity index (χ0) is 15.2. The Bertz CT molecular complexity index is 473. The largest absolute Gasteiger partial charge is 0.455 e. The topological polar surface area (TPSA) is 26.0 Å². The van der Waals surface area contributed by atoms with E-state index < -0.39 is 47.0 Å². The van der Waals surface area contributed by atoms with Crippen LogP contribution in [0.25, 0.3) is 0 Å². The van der Waals surface area contributed by atoms with Crippen LogP contribution in [0.2, 0.25) is 0 Å². The van der Waals surface area contributed by atoms with E-state index in [0.29, 0.717) is 0 Å². The SMILES string of the molecule is Cl.N[C@@H](c1c(F)c(F)cc(F)c1F)C(F)(F)C(F)(F)F. The number of hydrogen-bond acceptors (Lipinski definition) is 1. The van der Waals surface area contributed by atoms with Gasteiger partial charge in [0, 0.05) is 6.07 Å². The number of benzene rings is 1. The van der Waals surface area contributed by atoms with E-state index in [1.54, 1.807) is 0 Å². The van der Waals surface area contributed by atoms with Crippen LogP contribution in [0.5, 0.6) is 0 Å². The average molecular weight is 334 g/mol. The van der Waals surface area contributed by atoms with Crippen molar-refractivity contribution in [2.75, 3.05) is 0 Å². The van der Waals surface area contributed by atoms with Crippen molar-refractivity contribution in [3.63, 3.8) is 0 Å². The summed E-state index contributed by atoms with van der Waals surface area (Å²) in [5.41, 5.74) is 2.21. The molecule has 1 rings (SSSR count). The number of halogens is 10. The third-order valence-electron chi connectivity index (χ3n) is 2.23. The number of nitrogens with two attached hydrogens (primary N) is 1. The average Bonchev–Trinajstić information content (AvgIpc) is 2.25. The summed E-state index contributed by atoms with van der Waals surface area (Å²) < 4.78 is 113. The number of alkyl halides is 5. The molecule has 2 N–H and O–H groups in total. The molecule has 1 aromatic carbocycles. The molecule has 0 fully saturated rings. The van der Waals surface area contributed by atoms with Crippen molar-refractivity contribution in [3.05, 3.63) is 34.9 Å². The third kappa shape index (κ3) is 2.95. The normalized spacial score (nSPS) is 13.9. The fourth-order valence-corrected chi connectivity index (χ4v) is 1.22. The van der Waals surface area contributed by atoms with E-state index >= 15 is 0 Å². The molecule has 0 unspecified atom stereocenters. The van der Waals surface area contributed by atoms with Gasteiger partial charge in [0.15, 0.2) is 23.3 Å². The summed E-state index contributed by atoms with van der Waals surface area (Å²) in [6.45, 7) is 0. The minimum Gasteiger partial charge on any atom is -0.319 e. The van der Waals surface area contributed by atoms with Gasteiger partial charge < -0.3 is 5.73 Å². The Labute approximate surface area is 112 Å². The van der Waals surface area contributed by atoms with Crippen LogP contribution >= 0.6 is 12.4 Å². The van der Waals surface area contributed by atoms with Gasteiger partial charge in [-0.3, -0.25) is 0 Å². The highest BCUT2D eigenvalue weighted by Gasteiger charge is 2.62. The summed E-state index contributed by atoms with van der Waals surface area (Å²) in [5, 5.41) is 0. The van der Waals surface area contributed by atoms with Crippen LogP contribution in [-0.4, -0.2) is 12.1 Å². The summed E-state index contributed by atoms with van der Waals surface area (Å²) in [6, 6.07) is -3.97. The highest BCUT2D eigenvalue weighted by molar-refractivity contribution is 5.85. The Morgan fingerprint density at radius 2 is 1.20 bits per heavy atom. The summed E-state index contributed by atoms with van der Waals surface area (Å²) in [6.07, 6.45) is -6.24. The molecule has 0 aliphatic rings. The fraction of sp³-hybridized carbons (Fsp3) is 0.333. The molecular weight excluding hydrogens is 329 g/mol. The molecule has 0 amide bonds. The van der Waals surface area contributed by atoms with Gasteiger partial charge in [-0.2, -0.15) is 22.0 Å². The third-order valence-corrected chi connectivity index (χ3v) is 2.23. The lowest BCUT2D eigenvalue weighted by Crippen LogP contribution is -2.46. The van der Waals surface area contributed by atoms with Crippen molar-refractivity contribution in [1.82, 2.24) is 0 Å². The number of rotatable bonds is 2. The minimum absolute atomic E-state index is 0. The Kier molecular flexibility index (Phi) is 5.35. The van der Waals surface area contributed by atoms with Gasteiger partial charge in [-0.25, -0.2) is 17.6 Å². The van der Waals surface area contributed by atoms with Crippen LogP contribution in [-0.2, 0) is 0 Å². The van der Waals surface area contributed by atoms with Crippen LogP contribution < -0.4 is 5.73 Å². The van der Waals surface area contributed by atoms with Crippen molar-refractivity contribution in [2.24, 2.45) is 5.73 Å². The van der Waals surface area contributed by atoms with E-state index in [1.807, 2.05) is 0 Å². The predicted molar refractivity (Wildman–Crippen MR) is 51.5 cm³/mol. The van der Waals surface area contributed by atoms with Gasteiger partial charge in [0.2, 0.25) is 0 Å². The fourth-order valence-electron chi connectivity index (χ4n) is 1.22. The van der Waals surface area contributed by atoms with Crippen molar-refractivity contribution >= 4 is 12.4 Å². The van der Waals surface area contributed by atoms with Crippen LogP contribution in [0.1, 0.15) is 11.6 Å². The molecule has 0 saturated carbocycles. The molecule has 0 aliphatic carbocycles. The van der Waals surface area contributed by atoms with Crippen LogP contribution in [0.15, 0.2) is 6.07 Å². The van der Waals surface area contributed by atoms with Crippen molar-refractivity contribution in [3.8, 4) is 0 Å². The maximum absolute atomic E-state index is 13.0. The van der Waals surface area contributed by atoms with Crippen LogP contribution in [0.3, 0.4) is 0 Å². The zero-order valence-electron chi connectivity index (χ0n) is 9.04. The lowest BCUT2D eigenvalue weighted by atomic mass is 9.99. The minimum atomic E-state index is -6.24. The molecule has 20 heavy (non-hydrogen) atoms. The molecule has 0 spiro atoms. The monoisotopic (exact) mass is 333 g/mol. The first-order valence-electron chi connectivity index (χ1n) is 4.44. The molecular formula is C9H5ClF9N. The van der Waals surface area contributed by atoms with Crippen molar-refractivity contribution in [2.45, 2.75) is 18.1 Å². The van der Waals surface area contributed by atoms with E-state index in [9.17, 15) is 39.5 Å². The van der Waals surface area contributed by atoms with E-state index in [1.165, 1.54) is 0 Å². The Balaban J connectivity index is 0.00000361. The molecule has 11 heteroatoms. The van der Waals surface area contributed by atoms with Crippen LogP contribution in [0, 0.1) is 23.3 Å². The quantitative estimate of drug-likeness (QED) is 0.645. The molecule has 0 aromatic heterocycles. The molecule has 116 valence electrons. The lowest BCUT2D eigenvalue weighted by molar-refractivity contribution is -0.291. The van der Waals surface area contributed by atoms with E-state index in [0.717, 1.165) is 0 Å². The molecule has 0 bridgehead atoms. The van der Waals surface area contributed by atoms with Gasteiger partial charge in [0.1, 0.15) is 6.04 Å². The van der Waals surface area contributed by atoms with Crippen molar-refractivity contribution in [1.29, 1.82) is 0 Å². The molecule has 0 aliphatic heterocycles. The Hall–Kier alpha value is -1.16. The van der Waals surface area contributed by atoms with Gasteiger partial charge in [-0.1, -0.05) is 0 Å². The molecule has 0 heterocycles. The molecule has 1 atom stereocenters. The number of hydrogen-bond donors (Lipinski definition) is 1. The zero-order valence-corrected chi connectivity index (χ0v) is 9.86. The highest BCUT2D eigenvalue weighted by Crippen LogP contribution is 2.44. The summed E-state index contributed by atoms with van der Waals surface area (Å²) >= 11 is 0. The standard InChI is InChI=1S/C9H4F9N.ClH/c10-2-1-3(11)6(13)4(5(2)12)7(19)8(14,15)9(16,17)18;/h1,7H,19H2;1H/t7-;/m0./s1. The first kappa shape index (κ1) is 18.8. The van der Waals surface area contributed by atoms with Gasteiger partial charge in [-0.15, -0.1) is 12.4 Å². The van der Waals surface area contributed by atoms with Gasteiger partial charge in [0.05, 0.1) is 5.56 Å². The Morgan fingerprint density at radius 1 is 0.850 bits per heavy atom. The van der Waals surface area contributed by atoms with E-state index in [2.05, 4.69) is 5.73 Å². The molecule has 1 aromatic rings. The summed E-state index contributed by atoms with van der Waals surface area (Å²) in [5.74, 6) is -14.9. The van der Waals surface area contributed by atoms with Crippen molar-refractivity contribution < 1.29 is 39.5 Å². The Morgan fingerprint density at radius 3 is 1.50 bits per heavy atom. The summed E-state index contributed by atoms with van der Waals surface area (Å²) in [7, 11) is 0. The molecule has 1 nitrogen and oxygen atoms in total. The van der Waals surface area contributed by atoms with E-state index in [4.69, 9.17) is 0 Å². The van der Waals surface area contributed by atoms with Gasteiger partial charge in [0.25, 0.3) is 0 Å². The smallest absolute Gasteiger partial charge is 0.319 e. The van der Waals surface area contributed by atoms with E-state index in [-0.39, 0.29) is 18.5 Å². The van der Waals surface area contributed by atoms with Crippen LogP contribution in [0.4, 0.5) is 39.5 Å². The predicted octanol–water partition coefficient (Wildman–Crippen LogP) is 3.86. The lowest BCUT2D eigenvalue weighted by Gasteiger charge is -2.26. The summed E-state index contributed by atoms with van der Waals surface area (Å²) in [4.78, 5) is 0. The van der Waals surface area contributed by atoms with Gasteiger partial charge >= 0.3 is 12.1 Å². The van der Waals surface area contributed by atoms with Gasteiger partial charge in [-0.05, 0) is 0 Å². The highest BCUT2D eigenvalue weighted by atomic mass is 35.5. The molecule has 0 saturated heterocycles. The molecule has 0 radical (unpaired) electrons.